The van der Waals surface area contributed by atoms with E-state index in [1.54, 1.807) is 0 Å². The van der Waals surface area contributed by atoms with Crippen molar-refractivity contribution < 1.29 is 23.8 Å². The van der Waals surface area contributed by atoms with E-state index in [0.717, 1.165) is 18.4 Å². The van der Waals surface area contributed by atoms with Crippen molar-refractivity contribution in [3.05, 3.63) is 24.3 Å². The smallest absolute Gasteiger partial charge is 0.334 e. The summed E-state index contributed by atoms with van der Waals surface area (Å²) in [7, 11) is 0. The maximum Gasteiger partial charge on any atom is 0.334 e. The molecule has 1 aliphatic carbocycles. The number of ether oxygens (including phenoxy) is 3. The molecule has 22 heavy (non-hydrogen) atoms. The average molecular weight is 306 g/mol. The van der Waals surface area contributed by atoms with Gasteiger partial charge in [0.15, 0.2) is 0 Å². The number of hydrogen-bond acceptors (Lipinski definition) is 5. The Bertz CT molecular complexity index is 551. The van der Waals surface area contributed by atoms with Crippen molar-refractivity contribution in [2.24, 2.45) is 5.92 Å². The van der Waals surface area contributed by atoms with Gasteiger partial charge >= 0.3 is 11.9 Å². The zero-order valence-corrected chi connectivity index (χ0v) is 13.1. The Morgan fingerprint density at radius 1 is 1.41 bits per heavy atom. The molecule has 120 valence electrons. The highest BCUT2D eigenvalue weighted by atomic mass is 16.6. The van der Waals surface area contributed by atoms with E-state index in [2.05, 4.69) is 20.1 Å². The van der Waals surface area contributed by atoms with Crippen molar-refractivity contribution in [1.29, 1.82) is 0 Å². The van der Waals surface area contributed by atoms with Crippen LogP contribution < -0.4 is 0 Å². The van der Waals surface area contributed by atoms with Crippen LogP contribution in [0.4, 0.5) is 0 Å². The topological polar surface area (TPSA) is 65.1 Å². The van der Waals surface area contributed by atoms with Gasteiger partial charge in [0.05, 0.1) is 11.7 Å². The van der Waals surface area contributed by atoms with Crippen LogP contribution in [0.3, 0.4) is 0 Å². The largest absolute Gasteiger partial charge is 0.458 e. The van der Waals surface area contributed by atoms with Crippen LogP contribution in [0.15, 0.2) is 24.3 Å². The molecular weight excluding hydrogens is 284 g/mol. The molecule has 0 bridgehead atoms. The fourth-order valence-corrected chi connectivity index (χ4v) is 3.54. The van der Waals surface area contributed by atoms with Crippen molar-refractivity contribution in [2.75, 3.05) is 0 Å². The summed E-state index contributed by atoms with van der Waals surface area (Å²) in [5.41, 5.74) is 1.09. The molecule has 0 spiro atoms. The standard InChI is InChI=1S/C17H22O5/c1-9-7-14-12(10(2)16(19)21-14)8-15-17(4,22-15)6-5-13(9)20-11(3)18/h12-15H,1-2,5-8H2,3-4H3. The molecule has 2 aliphatic heterocycles. The Morgan fingerprint density at radius 3 is 2.82 bits per heavy atom. The van der Waals surface area contributed by atoms with E-state index in [9.17, 15) is 9.59 Å². The minimum atomic E-state index is -0.356. The number of hydrogen-bond donors (Lipinski definition) is 0. The van der Waals surface area contributed by atoms with Gasteiger partial charge in [-0.3, -0.25) is 4.79 Å². The lowest BCUT2D eigenvalue weighted by molar-refractivity contribution is -0.146. The van der Waals surface area contributed by atoms with Gasteiger partial charge < -0.3 is 14.2 Å². The molecule has 0 aromatic carbocycles. The molecule has 5 atom stereocenters. The van der Waals surface area contributed by atoms with E-state index in [-0.39, 0.29) is 41.8 Å². The first-order chi connectivity index (χ1) is 10.3. The third-order valence-electron chi connectivity index (χ3n) is 5.05. The number of epoxide rings is 1. The van der Waals surface area contributed by atoms with Gasteiger partial charge in [-0.05, 0) is 31.8 Å². The van der Waals surface area contributed by atoms with Gasteiger partial charge in [-0.1, -0.05) is 13.2 Å². The van der Waals surface area contributed by atoms with Crippen LogP contribution in [0.25, 0.3) is 0 Å². The molecule has 0 N–H and O–H groups in total. The highest BCUT2D eigenvalue weighted by molar-refractivity contribution is 5.90. The summed E-state index contributed by atoms with van der Waals surface area (Å²) in [6.45, 7) is 11.4. The monoisotopic (exact) mass is 306 g/mol. The minimum absolute atomic E-state index is 0.0489. The molecule has 5 heteroatoms. The summed E-state index contributed by atoms with van der Waals surface area (Å²) >= 11 is 0. The van der Waals surface area contributed by atoms with Crippen molar-refractivity contribution in [2.45, 2.75) is 63.4 Å². The molecule has 2 saturated heterocycles. The van der Waals surface area contributed by atoms with Gasteiger partial charge in [0.1, 0.15) is 12.2 Å². The van der Waals surface area contributed by atoms with Gasteiger partial charge in [-0.25, -0.2) is 4.79 Å². The Balaban J connectivity index is 1.83. The van der Waals surface area contributed by atoms with Crippen LogP contribution in [0.2, 0.25) is 0 Å². The van der Waals surface area contributed by atoms with E-state index in [1.807, 2.05) is 0 Å². The second kappa shape index (κ2) is 5.23. The highest BCUT2D eigenvalue weighted by Gasteiger charge is 2.55. The van der Waals surface area contributed by atoms with E-state index in [4.69, 9.17) is 14.2 Å². The van der Waals surface area contributed by atoms with E-state index < -0.39 is 0 Å². The van der Waals surface area contributed by atoms with E-state index >= 15 is 0 Å². The second-order valence-corrected chi connectivity index (χ2v) is 6.73. The average Bonchev–Trinajstić information content (AvgIpc) is 3.00. The maximum absolute atomic E-state index is 11.8. The lowest BCUT2D eigenvalue weighted by atomic mass is 9.82. The van der Waals surface area contributed by atoms with Gasteiger partial charge in [-0.15, -0.1) is 0 Å². The van der Waals surface area contributed by atoms with Crippen molar-refractivity contribution in [3.8, 4) is 0 Å². The Hall–Kier alpha value is -1.62. The molecule has 5 nitrogen and oxygen atoms in total. The van der Waals surface area contributed by atoms with Crippen LogP contribution in [-0.2, 0) is 23.8 Å². The lowest BCUT2D eigenvalue weighted by Crippen LogP contribution is -2.29. The fourth-order valence-electron chi connectivity index (χ4n) is 3.54. The first kappa shape index (κ1) is 15.3. The second-order valence-electron chi connectivity index (χ2n) is 6.73. The SMILES string of the molecule is C=C1CC2OC(=O)C(=C)C2CC2OC2(C)CCC1OC(C)=O. The van der Waals surface area contributed by atoms with Gasteiger partial charge in [-0.2, -0.15) is 0 Å². The minimum Gasteiger partial charge on any atom is -0.458 e. The molecule has 0 aromatic heterocycles. The quantitative estimate of drug-likeness (QED) is 0.322. The van der Waals surface area contributed by atoms with Crippen LogP contribution >= 0.6 is 0 Å². The Morgan fingerprint density at radius 2 is 2.14 bits per heavy atom. The Labute approximate surface area is 130 Å². The molecule has 0 aromatic rings. The molecule has 5 unspecified atom stereocenters. The molecular formula is C17H22O5. The molecule has 3 aliphatic rings. The van der Waals surface area contributed by atoms with Crippen LogP contribution in [0, 0.1) is 5.92 Å². The summed E-state index contributed by atoms with van der Waals surface area (Å²) in [5.74, 6) is -0.716. The summed E-state index contributed by atoms with van der Waals surface area (Å²) in [6.07, 6.45) is 2.19. The first-order valence-corrected chi connectivity index (χ1v) is 7.72. The van der Waals surface area contributed by atoms with E-state index in [0.29, 0.717) is 18.4 Å². The summed E-state index contributed by atoms with van der Waals surface area (Å²) in [6, 6.07) is 0. The number of carbonyl (C=O) groups is 2. The van der Waals surface area contributed by atoms with Crippen LogP contribution in [0.1, 0.15) is 39.5 Å². The van der Waals surface area contributed by atoms with Crippen LogP contribution in [-0.4, -0.2) is 35.9 Å². The number of fused-ring (bicyclic) bond motifs is 2. The molecule has 0 amide bonds. The highest BCUT2D eigenvalue weighted by Crippen LogP contribution is 2.48. The van der Waals surface area contributed by atoms with Gasteiger partial charge in [0.2, 0.25) is 0 Å². The number of esters is 2. The molecule has 3 rings (SSSR count). The van der Waals surface area contributed by atoms with E-state index in [1.165, 1.54) is 6.92 Å². The normalized spacial score (nSPS) is 41.3. The Kier molecular flexibility index (Phi) is 3.63. The number of rotatable bonds is 1. The summed E-state index contributed by atoms with van der Waals surface area (Å²) in [5, 5.41) is 0. The molecule has 2 heterocycles. The van der Waals surface area contributed by atoms with Crippen molar-refractivity contribution in [1.82, 2.24) is 0 Å². The van der Waals surface area contributed by atoms with Gasteiger partial charge in [0.25, 0.3) is 0 Å². The van der Waals surface area contributed by atoms with Gasteiger partial charge in [0, 0.05) is 24.8 Å². The lowest BCUT2D eigenvalue weighted by Gasteiger charge is -2.26. The zero-order valence-electron chi connectivity index (χ0n) is 13.1. The van der Waals surface area contributed by atoms with Crippen molar-refractivity contribution in [3.63, 3.8) is 0 Å². The predicted octanol–water partition coefficient (Wildman–Crippen LogP) is 2.30. The summed E-state index contributed by atoms with van der Waals surface area (Å²) < 4.78 is 16.7. The predicted molar refractivity (Wildman–Crippen MR) is 79.0 cm³/mol. The first-order valence-electron chi connectivity index (χ1n) is 7.72. The molecule has 3 fully saturated rings. The van der Waals surface area contributed by atoms with Crippen molar-refractivity contribution >= 4 is 11.9 Å². The number of carbonyl (C=O) groups excluding carboxylic acids is 2. The van der Waals surface area contributed by atoms with Crippen LogP contribution in [0.5, 0.6) is 0 Å². The third kappa shape index (κ3) is 2.70. The molecule has 1 saturated carbocycles. The summed E-state index contributed by atoms with van der Waals surface area (Å²) in [4.78, 5) is 23.1. The fraction of sp³-hybridized carbons (Fsp3) is 0.647. The zero-order chi connectivity index (χ0) is 16.1. The maximum atomic E-state index is 11.8. The molecule has 0 radical (unpaired) electrons. The third-order valence-corrected chi connectivity index (χ3v) is 5.05.